The summed E-state index contributed by atoms with van der Waals surface area (Å²) in [5.41, 5.74) is 0.224. The highest BCUT2D eigenvalue weighted by molar-refractivity contribution is 7.89. The smallest absolute Gasteiger partial charge is 0.290 e. The van der Waals surface area contributed by atoms with Gasteiger partial charge < -0.3 is 19.4 Å². The van der Waals surface area contributed by atoms with Crippen molar-refractivity contribution in [3.05, 3.63) is 42.4 Å². The Hall–Kier alpha value is -2.85. The molecule has 30 heavy (non-hydrogen) atoms. The molecule has 1 aromatic carbocycles. The number of furan rings is 1. The van der Waals surface area contributed by atoms with Crippen molar-refractivity contribution >= 4 is 27.5 Å². The van der Waals surface area contributed by atoms with Gasteiger partial charge in [0, 0.05) is 20.6 Å². The summed E-state index contributed by atoms with van der Waals surface area (Å²) in [6.07, 6.45) is 3.49. The molecule has 0 saturated carbocycles. The Labute approximate surface area is 175 Å². The van der Waals surface area contributed by atoms with Gasteiger partial charge in [0.2, 0.25) is 15.9 Å². The standard InChI is InChI=1S/C20H25N3O6S/c1-22(2)30(26,27)14-9-10-17(28-3)15(13-14)21-19(24)16-7-4-5-11-23(16)20(25)18-8-6-12-29-18/h6,8-10,12-13,16H,4-5,7,11H2,1-3H3,(H,21,24). The zero-order valence-corrected chi connectivity index (χ0v) is 17.9. The second kappa shape index (κ2) is 8.88. The molecule has 1 fully saturated rings. The fourth-order valence-corrected chi connectivity index (χ4v) is 4.29. The summed E-state index contributed by atoms with van der Waals surface area (Å²) in [6.45, 7) is 0.434. The van der Waals surface area contributed by atoms with Gasteiger partial charge in [-0.1, -0.05) is 0 Å². The van der Waals surface area contributed by atoms with E-state index in [1.54, 1.807) is 12.1 Å². The topological polar surface area (TPSA) is 109 Å². The molecule has 1 atom stereocenters. The first-order valence-electron chi connectivity index (χ1n) is 9.51. The molecule has 1 aliphatic rings. The van der Waals surface area contributed by atoms with Crippen LogP contribution >= 0.6 is 0 Å². The molecule has 1 N–H and O–H groups in total. The van der Waals surface area contributed by atoms with Crippen molar-refractivity contribution in [3.63, 3.8) is 0 Å². The number of nitrogens with one attached hydrogen (secondary N) is 1. The zero-order valence-electron chi connectivity index (χ0n) is 17.1. The van der Waals surface area contributed by atoms with Gasteiger partial charge in [0.05, 0.1) is 24.0 Å². The number of piperidine rings is 1. The van der Waals surface area contributed by atoms with Crippen LogP contribution in [0.25, 0.3) is 0 Å². The Bertz CT molecular complexity index is 1020. The maximum Gasteiger partial charge on any atom is 0.290 e. The van der Waals surface area contributed by atoms with Crippen molar-refractivity contribution in [2.24, 2.45) is 0 Å². The predicted molar refractivity (Wildman–Crippen MR) is 110 cm³/mol. The van der Waals surface area contributed by atoms with Gasteiger partial charge in [-0.25, -0.2) is 12.7 Å². The lowest BCUT2D eigenvalue weighted by Gasteiger charge is -2.34. The molecule has 2 aromatic rings. The van der Waals surface area contributed by atoms with Crippen LogP contribution in [0.3, 0.4) is 0 Å². The number of amides is 2. The van der Waals surface area contributed by atoms with Gasteiger partial charge in [-0.05, 0) is 49.6 Å². The van der Waals surface area contributed by atoms with Crippen molar-refractivity contribution in [3.8, 4) is 5.75 Å². The molecule has 2 amide bonds. The SMILES string of the molecule is COc1ccc(S(=O)(=O)N(C)C)cc1NC(=O)C1CCCCN1C(=O)c1ccco1. The van der Waals surface area contributed by atoms with E-state index in [0.717, 1.165) is 17.1 Å². The average Bonchev–Trinajstić information content (AvgIpc) is 3.28. The van der Waals surface area contributed by atoms with Crippen LogP contribution in [-0.4, -0.2) is 63.2 Å². The van der Waals surface area contributed by atoms with Gasteiger partial charge in [0.25, 0.3) is 5.91 Å². The number of anilines is 1. The van der Waals surface area contributed by atoms with E-state index >= 15 is 0 Å². The van der Waals surface area contributed by atoms with Crippen LogP contribution in [0.15, 0.2) is 45.9 Å². The van der Waals surface area contributed by atoms with E-state index in [0.29, 0.717) is 18.7 Å². The first-order chi connectivity index (χ1) is 14.3. The van der Waals surface area contributed by atoms with Crippen LogP contribution in [0.2, 0.25) is 0 Å². The number of benzene rings is 1. The van der Waals surface area contributed by atoms with Crippen LogP contribution in [0.4, 0.5) is 5.69 Å². The minimum absolute atomic E-state index is 0.0239. The van der Waals surface area contributed by atoms with E-state index in [2.05, 4.69) is 5.32 Å². The third kappa shape index (κ3) is 4.34. The summed E-state index contributed by atoms with van der Waals surface area (Å²) in [4.78, 5) is 27.3. The first-order valence-corrected chi connectivity index (χ1v) is 11.0. The quantitative estimate of drug-likeness (QED) is 0.745. The molecule has 0 bridgehead atoms. The van der Waals surface area contributed by atoms with E-state index in [1.165, 1.54) is 50.6 Å². The van der Waals surface area contributed by atoms with Crippen LogP contribution in [-0.2, 0) is 14.8 Å². The molecule has 9 nitrogen and oxygen atoms in total. The van der Waals surface area contributed by atoms with Crippen LogP contribution in [0.1, 0.15) is 29.8 Å². The number of ether oxygens (including phenoxy) is 1. The molecule has 1 aromatic heterocycles. The molecule has 0 radical (unpaired) electrons. The lowest BCUT2D eigenvalue weighted by Crippen LogP contribution is -2.50. The van der Waals surface area contributed by atoms with Crippen molar-refractivity contribution in [2.45, 2.75) is 30.2 Å². The van der Waals surface area contributed by atoms with Gasteiger partial charge in [0.15, 0.2) is 5.76 Å². The Balaban J connectivity index is 1.87. The third-order valence-corrected chi connectivity index (χ3v) is 6.82. The number of likely N-dealkylation sites (tertiary alicyclic amines) is 1. The molecule has 2 heterocycles. The highest BCUT2D eigenvalue weighted by atomic mass is 32.2. The highest BCUT2D eigenvalue weighted by Gasteiger charge is 2.34. The Morgan fingerprint density at radius 1 is 1.23 bits per heavy atom. The van der Waals surface area contributed by atoms with Crippen LogP contribution in [0, 0.1) is 0 Å². The van der Waals surface area contributed by atoms with E-state index in [4.69, 9.17) is 9.15 Å². The molecule has 1 aliphatic heterocycles. The normalized spacial score (nSPS) is 17.1. The summed E-state index contributed by atoms with van der Waals surface area (Å²) < 4.78 is 36.5. The summed E-state index contributed by atoms with van der Waals surface area (Å²) in [7, 11) is 0.597. The number of carbonyl (C=O) groups is 2. The van der Waals surface area contributed by atoms with Crippen LogP contribution in [0.5, 0.6) is 5.75 Å². The van der Waals surface area contributed by atoms with Crippen LogP contribution < -0.4 is 10.1 Å². The largest absolute Gasteiger partial charge is 0.495 e. The maximum absolute atomic E-state index is 13.1. The van der Waals surface area contributed by atoms with Gasteiger partial charge in [-0.15, -0.1) is 0 Å². The summed E-state index contributed by atoms with van der Waals surface area (Å²) >= 11 is 0. The van der Waals surface area contributed by atoms with E-state index < -0.39 is 22.0 Å². The van der Waals surface area contributed by atoms with Crippen molar-refractivity contribution in [1.82, 2.24) is 9.21 Å². The number of sulfonamides is 1. The zero-order chi connectivity index (χ0) is 21.9. The highest BCUT2D eigenvalue weighted by Crippen LogP contribution is 2.30. The van der Waals surface area contributed by atoms with Crippen molar-refractivity contribution in [1.29, 1.82) is 0 Å². The third-order valence-electron chi connectivity index (χ3n) is 5.01. The predicted octanol–water partition coefficient (Wildman–Crippen LogP) is 2.17. The van der Waals surface area contributed by atoms with Gasteiger partial charge >= 0.3 is 0 Å². The number of carbonyl (C=O) groups excluding carboxylic acids is 2. The van der Waals surface area contributed by atoms with Crippen molar-refractivity contribution in [2.75, 3.05) is 33.1 Å². The average molecular weight is 436 g/mol. The minimum atomic E-state index is -3.69. The molecule has 1 unspecified atom stereocenters. The number of methoxy groups -OCH3 is 1. The molecular formula is C20H25N3O6S. The number of rotatable bonds is 6. The molecule has 0 spiro atoms. The lowest BCUT2D eigenvalue weighted by atomic mass is 10.0. The van der Waals surface area contributed by atoms with E-state index in [-0.39, 0.29) is 22.3 Å². The minimum Gasteiger partial charge on any atom is -0.495 e. The van der Waals surface area contributed by atoms with Gasteiger partial charge in [-0.2, -0.15) is 0 Å². The molecule has 3 rings (SSSR count). The van der Waals surface area contributed by atoms with Gasteiger partial charge in [0.1, 0.15) is 11.8 Å². The van der Waals surface area contributed by atoms with E-state index in [9.17, 15) is 18.0 Å². The summed E-state index contributed by atoms with van der Waals surface area (Å²) in [5, 5.41) is 2.74. The molecule has 0 aliphatic carbocycles. The lowest BCUT2D eigenvalue weighted by molar-refractivity contribution is -0.121. The van der Waals surface area contributed by atoms with Gasteiger partial charge in [-0.3, -0.25) is 9.59 Å². The monoisotopic (exact) mass is 435 g/mol. The number of hydrogen-bond donors (Lipinski definition) is 1. The first kappa shape index (κ1) is 21.8. The Morgan fingerprint density at radius 3 is 2.63 bits per heavy atom. The summed E-state index contributed by atoms with van der Waals surface area (Å²) in [5.74, 6) is -0.268. The van der Waals surface area contributed by atoms with Crippen molar-refractivity contribution < 1.29 is 27.2 Å². The molecule has 10 heteroatoms. The van der Waals surface area contributed by atoms with E-state index in [1.807, 2.05) is 0 Å². The molecule has 1 saturated heterocycles. The molecule has 162 valence electrons. The fraction of sp³-hybridized carbons (Fsp3) is 0.400. The Morgan fingerprint density at radius 2 is 2.00 bits per heavy atom. The number of hydrogen-bond acceptors (Lipinski definition) is 6. The Kier molecular flexibility index (Phi) is 6.47. The second-order valence-corrected chi connectivity index (χ2v) is 9.28. The molecular weight excluding hydrogens is 410 g/mol. The number of nitrogens with zero attached hydrogens (tertiary/aromatic N) is 2. The fourth-order valence-electron chi connectivity index (χ4n) is 3.36. The summed E-state index contributed by atoms with van der Waals surface area (Å²) in [6, 6.07) is 6.73. The maximum atomic E-state index is 13.1. The second-order valence-electron chi connectivity index (χ2n) is 7.13.